The molecule has 0 saturated carbocycles. The number of hydrogen-bond acceptors (Lipinski definition) is 3. The lowest BCUT2D eigenvalue weighted by Crippen LogP contribution is -1.97. The van der Waals surface area contributed by atoms with Gasteiger partial charge in [-0.25, -0.2) is 0 Å². The topological polar surface area (TPSA) is 56.2 Å². The van der Waals surface area contributed by atoms with E-state index >= 15 is 0 Å². The number of benzene rings is 1. The highest BCUT2D eigenvalue weighted by atomic mass is 15.2. The molecule has 19 heavy (non-hydrogen) atoms. The van der Waals surface area contributed by atoms with E-state index in [-0.39, 0.29) is 0 Å². The van der Waals surface area contributed by atoms with Gasteiger partial charge in [-0.1, -0.05) is 12.1 Å². The first-order chi connectivity index (χ1) is 9.33. The fraction of sp³-hybridized carbons (Fsp3) is 0.200. The molecule has 2 aromatic heterocycles. The quantitative estimate of drug-likeness (QED) is 0.675. The molecular weight excluding hydrogens is 236 g/mol. The number of rotatable bonds is 1. The van der Waals surface area contributed by atoms with Gasteiger partial charge < -0.3 is 5.73 Å². The maximum atomic E-state index is 6.34. The molecule has 4 rings (SSSR count). The number of hydrogen-bond donors (Lipinski definition) is 1. The number of aromatic nitrogens is 3. The number of fused-ring (bicyclic) bond motifs is 2. The zero-order chi connectivity index (χ0) is 12.8. The lowest BCUT2D eigenvalue weighted by Gasteiger charge is -2.11. The van der Waals surface area contributed by atoms with Crippen LogP contribution in [0.25, 0.3) is 16.8 Å². The lowest BCUT2D eigenvalue weighted by molar-refractivity contribution is 0.912. The highest BCUT2D eigenvalue weighted by Crippen LogP contribution is 2.35. The summed E-state index contributed by atoms with van der Waals surface area (Å²) >= 11 is 0. The molecule has 0 bridgehead atoms. The van der Waals surface area contributed by atoms with Crippen LogP contribution in [-0.4, -0.2) is 14.6 Å². The Hall–Kier alpha value is -2.36. The summed E-state index contributed by atoms with van der Waals surface area (Å²) < 4.78 is 1.90. The molecule has 4 nitrogen and oxygen atoms in total. The van der Waals surface area contributed by atoms with Crippen molar-refractivity contribution in [3.63, 3.8) is 0 Å². The third-order valence-electron chi connectivity index (χ3n) is 3.94. The Labute approximate surface area is 110 Å². The summed E-state index contributed by atoms with van der Waals surface area (Å²) in [7, 11) is 0. The molecule has 3 aromatic rings. The molecule has 0 atom stereocenters. The third kappa shape index (κ3) is 1.53. The van der Waals surface area contributed by atoms with Crippen molar-refractivity contribution in [3.8, 4) is 11.1 Å². The second kappa shape index (κ2) is 3.82. The Morgan fingerprint density at radius 2 is 2.11 bits per heavy atom. The molecule has 0 saturated heterocycles. The largest absolute Gasteiger partial charge is 0.398 e. The fourth-order valence-electron chi connectivity index (χ4n) is 2.93. The van der Waals surface area contributed by atoms with Gasteiger partial charge in [0.25, 0.3) is 0 Å². The van der Waals surface area contributed by atoms with Crippen LogP contribution in [0.4, 0.5) is 5.69 Å². The van der Waals surface area contributed by atoms with Gasteiger partial charge in [0.05, 0.1) is 0 Å². The van der Waals surface area contributed by atoms with Crippen LogP contribution in [0.2, 0.25) is 0 Å². The molecule has 1 aliphatic carbocycles. The van der Waals surface area contributed by atoms with Gasteiger partial charge in [-0.15, -0.1) is 10.2 Å². The summed E-state index contributed by atoms with van der Waals surface area (Å²) in [5, 5.41) is 7.98. The normalized spacial score (nSPS) is 13.9. The number of aryl methyl sites for hydroxylation is 1. The summed E-state index contributed by atoms with van der Waals surface area (Å²) in [5.41, 5.74) is 13.1. The Morgan fingerprint density at radius 3 is 3.05 bits per heavy atom. The molecule has 0 unspecified atom stereocenters. The number of pyridine rings is 1. The fourth-order valence-corrected chi connectivity index (χ4v) is 2.93. The van der Waals surface area contributed by atoms with Crippen LogP contribution in [-0.2, 0) is 12.8 Å². The first kappa shape index (κ1) is 10.6. The van der Waals surface area contributed by atoms with Gasteiger partial charge in [0.2, 0.25) is 0 Å². The highest BCUT2D eigenvalue weighted by Gasteiger charge is 2.16. The molecule has 0 spiro atoms. The number of nitrogen functional groups attached to an aromatic ring is 1. The zero-order valence-electron chi connectivity index (χ0n) is 10.5. The standard InChI is InChI=1S/C15H14N4/c16-15-12-3-1-2-10(12)4-5-13(15)11-6-7-19-9-17-18-14(19)8-11/h4-9H,1-3,16H2. The van der Waals surface area contributed by atoms with E-state index in [0.717, 1.165) is 35.3 Å². The van der Waals surface area contributed by atoms with Crippen molar-refractivity contribution in [2.45, 2.75) is 19.3 Å². The van der Waals surface area contributed by atoms with Crippen LogP contribution < -0.4 is 5.73 Å². The molecule has 2 heterocycles. The van der Waals surface area contributed by atoms with Crippen molar-refractivity contribution in [3.05, 3.63) is 47.9 Å². The van der Waals surface area contributed by atoms with E-state index in [2.05, 4.69) is 28.4 Å². The number of nitrogens with two attached hydrogens (primary N) is 1. The van der Waals surface area contributed by atoms with E-state index in [1.165, 1.54) is 17.5 Å². The van der Waals surface area contributed by atoms with Crippen molar-refractivity contribution < 1.29 is 0 Å². The first-order valence-electron chi connectivity index (χ1n) is 6.53. The Morgan fingerprint density at radius 1 is 1.16 bits per heavy atom. The minimum atomic E-state index is 0.845. The zero-order valence-corrected chi connectivity index (χ0v) is 10.5. The highest BCUT2D eigenvalue weighted by molar-refractivity contribution is 5.81. The van der Waals surface area contributed by atoms with E-state index in [9.17, 15) is 0 Å². The second-order valence-electron chi connectivity index (χ2n) is 5.03. The third-order valence-corrected chi connectivity index (χ3v) is 3.94. The Bertz CT molecular complexity index is 773. The van der Waals surface area contributed by atoms with Crippen LogP contribution in [0.15, 0.2) is 36.8 Å². The molecule has 4 heteroatoms. The van der Waals surface area contributed by atoms with Gasteiger partial charge >= 0.3 is 0 Å². The predicted molar refractivity (Wildman–Crippen MR) is 74.9 cm³/mol. The Balaban J connectivity index is 1.92. The van der Waals surface area contributed by atoms with Crippen molar-refractivity contribution >= 4 is 11.3 Å². The predicted octanol–water partition coefficient (Wildman–Crippen LogP) is 2.47. The molecule has 1 aliphatic rings. The summed E-state index contributed by atoms with van der Waals surface area (Å²) in [6, 6.07) is 8.42. The van der Waals surface area contributed by atoms with E-state index in [0.29, 0.717) is 0 Å². The molecular formula is C15H14N4. The van der Waals surface area contributed by atoms with Gasteiger partial charge in [-0.3, -0.25) is 4.40 Å². The molecule has 0 fully saturated rings. The molecule has 1 aromatic carbocycles. The lowest BCUT2D eigenvalue weighted by atomic mass is 9.98. The average molecular weight is 250 g/mol. The summed E-state index contributed by atoms with van der Waals surface area (Å²) in [6.45, 7) is 0. The smallest absolute Gasteiger partial charge is 0.161 e. The van der Waals surface area contributed by atoms with Crippen LogP contribution in [0.5, 0.6) is 0 Å². The average Bonchev–Trinajstić information content (AvgIpc) is 3.07. The minimum absolute atomic E-state index is 0.845. The minimum Gasteiger partial charge on any atom is -0.398 e. The maximum Gasteiger partial charge on any atom is 0.161 e. The van der Waals surface area contributed by atoms with Gasteiger partial charge in [0, 0.05) is 17.4 Å². The molecule has 0 amide bonds. The van der Waals surface area contributed by atoms with Gasteiger partial charge in [0.15, 0.2) is 5.65 Å². The molecule has 0 radical (unpaired) electrons. The Kier molecular flexibility index (Phi) is 2.12. The van der Waals surface area contributed by atoms with Crippen molar-refractivity contribution in [2.75, 3.05) is 5.73 Å². The van der Waals surface area contributed by atoms with Crippen LogP contribution >= 0.6 is 0 Å². The van der Waals surface area contributed by atoms with Crippen molar-refractivity contribution in [1.82, 2.24) is 14.6 Å². The van der Waals surface area contributed by atoms with Gasteiger partial charge in [0.1, 0.15) is 6.33 Å². The summed E-state index contributed by atoms with van der Waals surface area (Å²) in [4.78, 5) is 0. The molecule has 0 aliphatic heterocycles. The van der Waals surface area contributed by atoms with Crippen molar-refractivity contribution in [2.24, 2.45) is 0 Å². The van der Waals surface area contributed by atoms with E-state index in [1.807, 2.05) is 16.7 Å². The van der Waals surface area contributed by atoms with E-state index in [4.69, 9.17) is 5.73 Å². The number of nitrogens with zero attached hydrogens (tertiary/aromatic N) is 3. The van der Waals surface area contributed by atoms with Crippen LogP contribution in [0, 0.1) is 0 Å². The summed E-state index contributed by atoms with van der Waals surface area (Å²) in [5.74, 6) is 0. The second-order valence-corrected chi connectivity index (χ2v) is 5.03. The van der Waals surface area contributed by atoms with Gasteiger partial charge in [-0.05, 0) is 48.1 Å². The van der Waals surface area contributed by atoms with E-state index < -0.39 is 0 Å². The van der Waals surface area contributed by atoms with Crippen LogP contribution in [0.3, 0.4) is 0 Å². The van der Waals surface area contributed by atoms with Crippen molar-refractivity contribution in [1.29, 1.82) is 0 Å². The molecule has 94 valence electrons. The molecule has 2 N–H and O–H groups in total. The van der Waals surface area contributed by atoms with Crippen LogP contribution in [0.1, 0.15) is 17.5 Å². The summed E-state index contributed by atoms with van der Waals surface area (Å²) in [6.07, 6.45) is 7.14. The maximum absolute atomic E-state index is 6.34. The first-order valence-corrected chi connectivity index (χ1v) is 6.53. The van der Waals surface area contributed by atoms with E-state index in [1.54, 1.807) is 6.33 Å². The number of anilines is 1. The monoisotopic (exact) mass is 250 g/mol. The SMILES string of the molecule is Nc1c(-c2ccn3cnnc3c2)ccc2c1CCC2. The van der Waals surface area contributed by atoms with Gasteiger partial charge in [-0.2, -0.15) is 0 Å².